The van der Waals surface area contributed by atoms with Crippen LogP contribution in [-0.2, 0) is 0 Å². The molecule has 0 atom stereocenters. The average molecular weight is 348 g/mol. The molecule has 0 saturated heterocycles. The second kappa shape index (κ2) is 8.84. The number of hydrogen-bond acceptors (Lipinski definition) is 6. The summed E-state index contributed by atoms with van der Waals surface area (Å²) in [7, 11) is 0. The minimum Gasteiger partial charge on any atom is -0.459 e. The number of anilines is 1. The maximum Gasteiger partial charge on any atom is 0.292 e. The molecule has 0 fully saturated rings. The molecule has 0 spiro atoms. The topological polar surface area (TPSA) is 71.3 Å². The van der Waals surface area contributed by atoms with Crippen LogP contribution in [-0.4, -0.2) is 45.4 Å². The standard InChI is InChI=1S/C17H24N4O2S/c1-12(2)21(13(3)4)9-11-24-16-8-7-15(19-20-16)18-17(22)14-6-5-10-23-14/h5-8,10,12-13H,9,11H2,1-4H3,(H,18,19,22). The van der Waals surface area contributed by atoms with Crippen molar-refractivity contribution in [1.82, 2.24) is 15.1 Å². The van der Waals surface area contributed by atoms with Crippen LogP contribution in [0.1, 0.15) is 38.2 Å². The highest BCUT2D eigenvalue weighted by molar-refractivity contribution is 7.99. The van der Waals surface area contributed by atoms with Crippen LogP contribution in [0.25, 0.3) is 0 Å². The first-order chi connectivity index (χ1) is 11.5. The quantitative estimate of drug-likeness (QED) is 0.736. The lowest BCUT2D eigenvalue weighted by Gasteiger charge is -2.30. The van der Waals surface area contributed by atoms with E-state index in [1.165, 1.54) is 6.26 Å². The first kappa shape index (κ1) is 18.5. The predicted molar refractivity (Wildman–Crippen MR) is 96.4 cm³/mol. The van der Waals surface area contributed by atoms with E-state index in [4.69, 9.17) is 4.42 Å². The Morgan fingerprint density at radius 1 is 1.21 bits per heavy atom. The summed E-state index contributed by atoms with van der Waals surface area (Å²) in [6.45, 7) is 9.84. The molecule has 0 radical (unpaired) electrons. The number of aromatic nitrogens is 2. The van der Waals surface area contributed by atoms with Crippen LogP contribution in [0.4, 0.5) is 5.82 Å². The first-order valence-electron chi connectivity index (χ1n) is 8.04. The van der Waals surface area contributed by atoms with Crippen LogP contribution in [0.2, 0.25) is 0 Å². The van der Waals surface area contributed by atoms with Crippen molar-refractivity contribution in [3.8, 4) is 0 Å². The zero-order valence-electron chi connectivity index (χ0n) is 14.5. The summed E-state index contributed by atoms with van der Waals surface area (Å²) < 4.78 is 5.04. The molecule has 2 rings (SSSR count). The normalized spacial score (nSPS) is 11.5. The summed E-state index contributed by atoms with van der Waals surface area (Å²) in [5.74, 6) is 1.27. The highest BCUT2D eigenvalue weighted by atomic mass is 32.2. The largest absolute Gasteiger partial charge is 0.459 e. The van der Waals surface area contributed by atoms with Crippen LogP contribution in [0.5, 0.6) is 0 Å². The number of amides is 1. The Labute approximate surface area is 147 Å². The Bertz CT molecular complexity index is 619. The van der Waals surface area contributed by atoms with Crippen molar-refractivity contribution in [2.45, 2.75) is 44.8 Å². The summed E-state index contributed by atoms with van der Waals surface area (Å²) in [5.41, 5.74) is 0. The molecule has 0 aliphatic carbocycles. The fourth-order valence-electron chi connectivity index (χ4n) is 2.42. The van der Waals surface area contributed by atoms with Gasteiger partial charge in [0.25, 0.3) is 5.91 Å². The molecule has 2 aromatic heterocycles. The number of carbonyl (C=O) groups excluding carboxylic acids is 1. The SMILES string of the molecule is CC(C)N(CCSc1ccc(NC(=O)c2ccco2)nn1)C(C)C. The molecule has 0 bridgehead atoms. The Hall–Kier alpha value is -1.86. The Kier molecular flexibility index (Phi) is 6.81. The van der Waals surface area contributed by atoms with Gasteiger partial charge >= 0.3 is 0 Å². The van der Waals surface area contributed by atoms with E-state index >= 15 is 0 Å². The van der Waals surface area contributed by atoms with Gasteiger partial charge in [0.2, 0.25) is 0 Å². The van der Waals surface area contributed by atoms with Gasteiger partial charge in [-0.15, -0.1) is 22.0 Å². The van der Waals surface area contributed by atoms with Gasteiger partial charge in [-0.25, -0.2) is 0 Å². The summed E-state index contributed by atoms with van der Waals surface area (Å²) in [4.78, 5) is 14.3. The molecule has 7 heteroatoms. The molecular weight excluding hydrogens is 324 g/mol. The van der Waals surface area contributed by atoms with Crippen molar-refractivity contribution in [2.24, 2.45) is 0 Å². The van der Waals surface area contributed by atoms with Crippen molar-refractivity contribution in [2.75, 3.05) is 17.6 Å². The van der Waals surface area contributed by atoms with E-state index in [1.54, 1.807) is 30.0 Å². The number of nitrogens with one attached hydrogen (secondary N) is 1. The molecule has 2 heterocycles. The van der Waals surface area contributed by atoms with Crippen molar-refractivity contribution >= 4 is 23.5 Å². The number of thioether (sulfide) groups is 1. The van der Waals surface area contributed by atoms with E-state index < -0.39 is 0 Å². The maximum absolute atomic E-state index is 11.9. The van der Waals surface area contributed by atoms with E-state index in [0.29, 0.717) is 17.9 Å². The zero-order chi connectivity index (χ0) is 17.5. The molecular formula is C17H24N4O2S. The van der Waals surface area contributed by atoms with Gasteiger partial charge in [-0.3, -0.25) is 9.69 Å². The number of hydrogen-bond donors (Lipinski definition) is 1. The smallest absolute Gasteiger partial charge is 0.292 e. The molecule has 0 aliphatic heterocycles. The third-order valence-electron chi connectivity index (χ3n) is 3.55. The highest BCUT2D eigenvalue weighted by Crippen LogP contribution is 2.17. The molecule has 24 heavy (non-hydrogen) atoms. The lowest BCUT2D eigenvalue weighted by atomic mass is 10.2. The molecule has 0 unspecified atom stereocenters. The lowest BCUT2D eigenvalue weighted by molar-refractivity contribution is 0.0996. The van der Waals surface area contributed by atoms with Crippen LogP contribution in [0.3, 0.4) is 0 Å². The molecule has 0 saturated carbocycles. The predicted octanol–water partition coefficient (Wildman–Crippen LogP) is 3.53. The fraction of sp³-hybridized carbons (Fsp3) is 0.471. The van der Waals surface area contributed by atoms with Gasteiger partial charge in [0, 0.05) is 24.4 Å². The highest BCUT2D eigenvalue weighted by Gasteiger charge is 2.13. The fourth-order valence-corrected chi connectivity index (χ4v) is 3.19. The lowest BCUT2D eigenvalue weighted by Crippen LogP contribution is -2.38. The van der Waals surface area contributed by atoms with E-state index in [0.717, 1.165) is 17.3 Å². The molecule has 1 amide bonds. The van der Waals surface area contributed by atoms with E-state index in [1.807, 2.05) is 6.07 Å². The van der Waals surface area contributed by atoms with Gasteiger partial charge in [-0.2, -0.15) is 0 Å². The minimum absolute atomic E-state index is 0.248. The second-order valence-electron chi connectivity index (χ2n) is 5.96. The van der Waals surface area contributed by atoms with E-state index in [9.17, 15) is 4.79 Å². The summed E-state index contributed by atoms with van der Waals surface area (Å²) in [6.07, 6.45) is 1.46. The van der Waals surface area contributed by atoms with Gasteiger partial charge in [0.1, 0.15) is 5.03 Å². The van der Waals surface area contributed by atoms with Crippen LogP contribution >= 0.6 is 11.8 Å². The third-order valence-corrected chi connectivity index (χ3v) is 4.45. The van der Waals surface area contributed by atoms with Crippen molar-refractivity contribution in [1.29, 1.82) is 0 Å². The second-order valence-corrected chi connectivity index (χ2v) is 7.08. The zero-order valence-corrected chi connectivity index (χ0v) is 15.3. The van der Waals surface area contributed by atoms with Gasteiger partial charge in [0.05, 0.1) is 6.26 Å². The summed E-state index contributed by atoms with van der Waals surface area (Å²) in [6, 6.07) is 7.93. The summed E-state index contributed by atoms with van der Waals surface area (Å²) >= 11 is 1.66. The van der Waals surface area contributed by atoms with Crippen LogP contribution in [0, 0.1) is 0 Å². The van der Waals surface area contributed by atoms with Crippen molar-refractivity contribution < 1.29 is 9.21 Å². The number of nitrogens with zero attached hydrogens (tertiary/aromatic N) is 3. The third kappa shape index (κ3) is 5.35. The minimum atomic E-state index is -0.334. The maximum atomic E-state index is 11.9. The van der Waals surface area contributed by atoms with Crippen molar-refractivity contribution in [3.05, 3.63) is 36.3 Å². The van der Waals surface area contributed by atoms with E-state index in [-0.39, 0.29) is 11.7 Å². The molecule has 130 valence electrons. The monoisotopic (exact) mass is 348 g/mol. The Balaban J connectivity index is 1.83. The molecule has 2 aromatic rings. The van der Waals surface area contributed by atoms with Gasteiger partial charge in [-0.05, 0) is 52.0 Å². The van der Waals surface area contributed by atoms with Gasteiger partial charge in [-0.1, -0.05) is 0 Å². The van der Waals surface area contributed by atoms with E-state index in [2.05, 4.69) is 48.1 Å². The average Bonchev–Trinajstić information content (AvgIpc) is 3.07. The van der Waals surface area contributed by atoms with Crippen molar-refractivity contribution in [3.63, 3.8) is 0 Å². The van der Waals surface area contributed by atoms with Crippen LogP contribution in [0.15, 0.2) is 40.0 Å². The molecule has 6 nitrogen and oxygen atoms in total. The van der Waals surface area contributed by atoms with Crippen LogP contribution < -0.4 is 5.32 Å². The van der Waals surface area contributed by atoms with Gasteiger partial charge < -0.3 is 9.73 Å². The number of furan rings is 1. The number of carbonyl (C=O) groups is 1. The molecule has 0 aromatic carbocycles. The molecule has 1 N–H and O–H groups in total. The Morgan fingerprint density at radius 2 is 1.96 bits per heavy atom. The van der Waals surface area contributed by atoms with Gasteiger partial charge in [0.15, 0.2) is 11.6 Å². The number of rotatable bonds is 8. The molecule has 0 aliphatic rings. The summed E-state index contributed by atoms with van der Waals surface area (Å²) in [5, 5.41) is 11.7. The Morgan fingerprint density at radius 3 is 2.50 bits per heavy atom. The first-order valence-corrected chi connectivity index (χ1v) is 9.03.